The van der Waals surface area contributed by atoms with Gasteiger partial charge in [0.2, 0.25) is 0 Å². The molecule has 1 saturated carbocycles. The first-order chi connectivity index (χ1) is 9.22. The van der Waals surface area contributed by atoms with Crippen LogP contribution in [0.15, 0.2) is 36.4 Å². The largest absolute Gasteiger partial charge is 0.508 e. The number of hydrogen-bond acceptors (Lipinski definition) is 2. The maximum atomic E-state index is 9.25. The van der Waals surface area contributed by atoms with Gasteiger partial charge in [0.05, 0.1) is 0 Å². The molecule has 19 heavy (non-hydrogen) atoms. The van der Waals surface area contributed by atoms with Crippen molar-refractivity contribution in [1.82, 2.24) is 5.32 Å². The van der Waals surface area contributed by atoms with Gasteiger partial charge >= 0.3 is 0 Å². The Hall–Kier alpha value is -1.28. The molecule has 2 aliphatic rings. The van der Waals surface area contributed by atoms with Crippen LogP contribution in [0, 0.1) is 17.8 Å². The number of fused-ring (bicyclic) bond motifs is 2. The van der Waals surface area contributed by atoms with Crippen LogP contribution < -0.4 is 5.32 Å². The molecule has 2 aliphatic carbocycles. The van der Waals surface area contributed by atoms with E-state index < -0.39 is 0 Å². The predicted octanol–water partition coefficient (Wildman–Crippen LogP) is 3.13. The van der Waals surface area contributed by atoms with E-state index in [9.17, 15) is 5.11 Å². The fourth-order valence-corrected chi connectivity index (χ4v) is 3.66. The van der Waals surface area contributed by atoms with Crippen molar-refractivity contribution >= 4 is 0 Å². The molecule has 0 amide bonds. The molecule has 102 valence electrons. The SMILES string of the molecule is CC(NCCc1ccc(O)cc1)C1CC2C=CC1C2. The van der Waals surface area contributed by atoms with Crippen molar-refractivity contribution in [3.63, 3.8) is 0 Å². The Bertz CT molecular complexity index is 451. The second kappa shape index (κ2) is 5.38. The number of allylic oxidation sites excluding steroid dienone is 2. The number of hydrogen-bond donors (Lipinski definition) is 2. The Morgan fingerprint density at radius 3 is 2.63 bits per heavy atom. The standard InChI is InChI=1S/C17H23NO/c1-12(17-11-14-2-5-15(17)10-14)18-9-8-13-3-6-16(19)7-4-13/h2-7,12,14-15,17-19H,8-11H2,1H3. The zero-order chi connectivity index (χ0) is 13.2. The van der Waals surface area contributed by atoms with E-state index in [1.54, 1.807) is 12.1 Å². The summed E-state index contributed by atoms with van der Waals surface area (Å²) < 4.78 is 0. The topological polar surface area (TPSA) is 32.3 Å². The average molecular weight is 257 g/mol. The molecule has 0 heterocycles. The van der Waals surface area contributed by atoms with Gasteiger partial charge < -0.3 is 10.4 Å². The van der Waals surface area contributed by atoms with Crippen LogP contribution in [-0.4, -0.2) is 17.7 Å². The third-order valence-electron chi connectivity index (χ3n) is 4.79. The minimum Gasteiger partial charge on any atom is -0.508 e. The van der Waals surface area contributed by atoms with E-state index in [-0.39, 0.29) is 0 Å². The lowest BCUT2D eigenvalue weighted by atomic mass is 9.87. The number of rotatable bonds is 5. The quantitative estimate of drug-likeness (QED) is 0.794. The summed E-state index contributed by atoms with van der Waals surface area (Å²) in [4.78, 5) is 0. The van der Waals surface area contributed by atoms with E-state index >= 15 is 0 Å². The summed E-state index contributed by atoms with van der Waals surface area (Å²) in [5.74, 6) is 2.85. The van der Waals surface area contributed by atoms with Crippen LogP contribution in [-0.2, 0) is 6.42 Å². The smallest absolute Gasteiger partial charge is 0.115 e. The van der Waals surface area contributed by atoms with Gasteiger partial charge in [-0.05, 0) is 68.2 Å². The molecule has 1 fully saturated rings. The molecule has 0 aromatic heterocycles. The van der Waals surface area contributed by atoms with Crippen molar-refractivity contribution in [2.45, 2.75) is 32.2 Å². The van der Waals surface area contributed by atoms with Crippen molar-refractivity contribution in [3.05, 3.63) is 42.0 Å². The van der Waals surface area contributed by atoms with Crippen molar-refractivity contribution < 1.29 is 5.11 Å². The van der Waals surface area contributed by atoms with Gasteiger partial charge in [0, 0.05) is 6.04 Å². The van der Waals surface area contributed by atoms with E-state index in [4.69, 9.17) is 0 Å². The zero-order valence-corrected chi connectivity index (χ0v) is 11.5. The number of nitrogens with one attached hydrogen (secondary N) is 1. The first kappa shape index (κ1) is 12.7. The van der Waals surface area contributed by atoms with E-state index in [2.05, 4.69) is 24.4 Å². The van der Waals surface area contributed by atoms with Crippen LogP contribution in [0.25, 0.3) is 0 Å². The molecule has 4 unspecified atom stereocenters. The lowest BCUT2D eigenvalue weighted by Crippen LogP contribution is -2.36. The number of phenolic OH excluding ortho intramolecular Hbond substituents is 1. The first-order valence-electron chi connectivity index (χ1n) is 7.42. The minimum absolute atomic E-state index is 0.346. The summed E-state index contributed by atoms with van der Waals surface area (Å²) in [6, 6.07) is 8.14. The monoisotopic (exact) mass is 257 g/mol. The normalized spacial score (nSPS) is 29.8. The summed E-state index contributed by atoms with van der Waals surface area (Å²) in [5.41, 5.74) is 1.28. The summed E-state index contributed by atoms with van der Waals surface area (Å²) in [5, 5.41) is 12.9. The van der Waals surface area contributed by atoms with E-state index in [0.717, 1.165) is 30.7 Å². The van der Waals surface area contributed by atoms with Crippen molar-refractivity contribution in [3.8, 4) is 5.75 Å². The van der Waals surface area contributed by atoms with Crippen molar-refractivity contribution in [1.29, 1.82) is 0 Å². The lowest BCUT2D eigenvalue weighted by molar-refractivity contribution is 0.329. The van der Waals surface area contributed by atoms with E-state index in [1.807, 2.05) is 12.1 Å². The highest BCUT2D eigenvalue weighted by Gasteiger charge is 2.38. The maximum Gasteiger partial charge on any atom is 0.115 e. The molecule has 0 saturated heterocycles. The molecule has 4 atom stereocenters. The highest BCUT2D eigenvalue weighted by molar-refractivity contribution is 5.26. The highest BCUT2D eigenvalue weighted by atomic mass is 16.3. The number of aromatic hydroxyl groups is 1. The average Bonchev–Trinajstić information content (AvgIpc) is 3.03. The Morgan fingerprint density at radius 2 is 2.00 bits per heavy atom. The van der Waals surface area contributed by atoms with Crippen LogP contribution >= 0.6 is 0 Å². The highest BCUT2D eigenvalue weighted by Crippen LogP contribution is 2.44. The third kappa shape index (κ3) is 2.84. The molecule has 2 bridgehead atoms. The first-order valence-corrected chi connectivity index (χ1v) is 7.42. The second-order valence-electron chi connectivity index (χ2n) is 6.10. The summed E-state index contributed by atoms with van der Waals surface area (Å²) in [6.07, 6.45) is 8.62. The molecule has 1 aromatic rings. The molecule has 0 aliphatic heterocycles. The third-order valence-corrected chi connectivity index (χ3v) is 4.79. The molecule has 2 nitrogen and oxygen atoms in total. The molecule has 0 radical (unpaired) electrons. The summed E-state index contributed by atoms with van der Waals surface area (Å²) >= 11 is 0. The van der Waals surface area contributed by atoms with Gasteiger partial charge in [-0.25, -0.2) is 0 Å². The van der Waals surface area contributed by atoms with Gasteiger partial charge in [0.25, 0.3) is 0 Å². The maximum absolute atomic E-state index is 9.25. The van der Waals surface area contributed by atoms with Gasteiger partial charge in [0.1, 0.15) is 5.75 Å². The Balaban J connectivity index is 1.45. The molecule has 1 aromatic carbocycles. The van der Waals surface area contributed by atoms with E-state index in [1.165, 1.54) is 18.4 Å². The molecule has 2 N–H and O–H groups in total. The van der Waals surface area contributed by atoms with E-state index in [0.29, 0.717) is 11.8 Å². The van der Waals surface area contributed by atoms with Gasteiger partial charge in [-0.2, -0.15) is 0 Å². The Labute approximate surface area is 115 Å². The summed E-state index contributed by atoms with van der Waals surface area (Å²) in [7, 11) is 0. The van der Waals surface area contributed by atoms with Crippen molar-refractivity contribution in [2.75, 3.05) is 6.54 Å². The van der Waals surface area contributed by atoms with Crippen LogP contribution in [0.3, 0.4) is 0 Å². The predicted molar refractivity (Wildman–Crippen MR) is 78.1 cm³/mol. The van der Waals surface area contributed by atoms with Crippen LogP contribution in [0.4, 0.5) is 0 Å². The number of phenols is 1. The molecule has 0 spiro atoms. The van der Waals surface area contributed by atoms with Crippen LogP contribution in [0.1, 0.15) is 25.3 Å². The molecule has 2 heteroatoms. The van der Waals surface area contributed by atoms with Gasteiger partial charge in [-0.15, -0.1) is 0 Å². The van der Waals surface area contributed by atoms with Crippen molar-refractivity contribution in [2.24, 2.45) is 17.8 Å². The number of benzene rings is 1. The minimum atomic E-state index is 0.346. The molecule has 3 rings (SSSR count). The van der Waals surface area contributed by atoms with Crippen LogP contribution in [0.5, 0.6) is 5.75 Å². The van der Waals surface area contributed by atoms with Gasteiger partial charge in [0.15, 0.2) is 0 Å². The fraction of sp³-hybridized carbons (Fsp3) is 0.529. The summed E-state index contributed by atoms with van der Waals surface area (Å²) in [6.45, 7) is 3.35. The Kier molecular flexibility index (Phi) is 3.61. The lowest BCUT2D eigenvalue weighted by Gasteiger charge is -2.26. The molecular formula is C17H23NO. The van der Waals surface area contributed by atoms with Crippen LogP contribution in [0.2, 0.25) is 0 Å². The van der Waals surface area contributed by atoms with Gasteiger partial charge in [-0.3, -0.25) is 0 Å². The fourth-order valence-electron chi connectivity index (χ4n) is 3.66. The second-order valence-corrected chi connectivity index (χ2v) is 6.10. The molecular weight excluding hydrogens is 234 g/mol. The Morgan fingerprint density at radius 1 is 1.21 bits per heavy atom. The van der Waals surface area contributed by atoms with Gasteiger partial charge in [-0.1, -0.05) is 24.3 Å². The zero-order valence-electron chi connectivity index (χ0n) is 11.5.